The van der Waals surface area contributed by atoms with E-state index < -0.39 is 0 Å². The van der Waals surface area contributed by atoms with E-state index in [0.717, 1.165) is 16.8 Å². The van der Waals surface area contributed by atoms with Crippen LogP contribution in [0.3, 0.4) is 0 Å². The van der Waals surface area contributed by atoms with Crippen molar-refractivity contribution in [2.45, 2.75) is 6.92 Å². The molecule has 1 fully saturated rings. The number of carbonyl (C=O) groups excluding carboxylic acids is 1. The van der Waals surface area contributed by atoms with Crippen molar-refractivity contribution in [3.8, 4) is 0 Å². The number of carbonyl (C=O) groups is 1. The van der Waals surface area contributed by atoms with E-state index in [1.54, 1.807) is 24.3 Å². The number of nitrogen functional groups attached to an aromatic ring is 1. The number of benzene rings is 1. The number of rotatable bonds is 2. The summed E-state index contributed by atoms with van der Waals surface area (Å²) in [5.41, 5.74) is 9.07. The summed E-state index contributed by atoms with van der Waals surface area (Å²) in [5, 5.41) is 0.640. The Hall–Kier alpha value is -2.60. The number of thioether (sulfide) groups is 1. The highest BCUT2D eigenvalue weighted by atomic mass is 32.2. The maximum absolute atomic E-state index is 12.5. The fraction of sp³-hybridized carbons (Fsp3) is 0.118. The monoisotopic (exact) mass is 324 g/mol. The van der Waals surface area contributed by atoms with Gasteiger partial charge in [-0.3, -0.25) is 14.7 Å². The first-order valence-corrected chi connectivity index (χ1v) is 7.89. The first-order chi connectivity index (χ1) is 11.1. The number of amides is 1. The average molecular weight is 324 g/mol. The molecule has 0 atom stereocenters. The van der Waals surface area contributed by atoms with Gasteiger partial charge in [0.1, 0.15) is 0 Å². The number of likely N-dealkylation sites (N-methyl/N-ethyl adjacent to an activating group) is 1. The molecule has 3 rings (SSSR count). The molecule has 116 valence electrons. The van der Waals surface area contributed by atoms with Crippen molar-refractivity contribution in [1.29, 1.82) is 0 Å². The molecule has 0 spiro atoms. The molecule has 1 aliphatic heterocycles. The number of hydrogen-bond donors (Lipinski definition) is 1. The maximum atomic E-state index is 12.5. The fourth-order valence-corrected chi connectivity index (χ4v) is 3.26. The van der Waals surface area contributed by atoms with Gasteiger partial charge in [-0.1, -0.05) is 12.1 Å². The summed E-state index contributed by atoms with van der Waals surface area (Å²) in [4.78, 5) is 23.3. The number of nitrogens with zero attached hydrogens (tertiary/aromatic N) is 3. The molecule has 1 amide bonds. The lowest BCUT2D eigenvalue weighted by molar-refractivity contribution is -0.121. The van der Waals surface area contributed by atoms with E-state index in [0.29, 0.717) is 15.8 Å². The Labute approximate surface area is 138 Å². The minimum atomic E-state index is -0.0578. The maximum Gasteiger partial charge on any atom is 0.266 e. The molecule has 6 heteroatoms. The zero-order chi connectivity index (χ0) is 16.4. The van der Waals surface area contributed by atoms with E-state index in [4.69, 9.17) is 5.73 Å². The minimum absolute atomic E-state index is 0.0578. The Balaban J connectivity index is 1.98. The first-order valence-electron chi connectivity index (χ1n) is 7.07. The van der Waals surface area contributed by atoms with Crippen molar-refractivity contribution in [2.24, 2.45) is 4.99 Å². The second-order valence-corrected chi connectivity index (χ2v) is 6.13. The molecule has 5 nitrogen and oxygen atoms in total. The molecule has 0 unspecified atom stereocenters. The molecule has 0 aliphatic carbocycles. The van der Waals surface area contributed by atoms with Crippen LogP contribution in [0.5, 0.6) is 0 Å². The van der Waals surface area contributed by atoms with Crippen molar-refractivity contribution in [1.82, 2.24) is 9.88 Å². The fourth-order valence-electron chi connectivity index (χ4n) is 2.21. The van der Waals surface area contributed by atoms with Gasteiger partial charge in [-0.25, -0.2) is 4.99 Å². The molecule has 0 saturated carbocycles. The molecule has 2 N–H and O–H groups in total. The first kappa shape index (κ1) is 15.3. The number of allylic oxidation sites excluding steroid dienone is 1. The lowest BCUT2D eigenvalue weighted by Gasteiger charge is -2.07. The third kappa shape index (κ3) is 3.12. The summed E-state index contributed by atoms with van der Waals surface area (Å²) < 4.78 is 0. The zero-order valence-corrected chi connectivity index (χ0v) is 13.7. The summed E-state index contributed by atoms with van der Waals surface area (Å²) >= 11 is 1.37. The van der Waals surface area contributed by atoms with Crippen LogP contribution in [-0.4, -0.2) is 28.0 Å². The van der Waals surface area contributed by atoms with Gasteiger partial charge in [-0.05, 0) is 54.1 Å². The molecule has 1 saturated heterocycles. The van der Waals surface area contributed by atoms with E-state index in [2.05, 4.69) is 9.98 Å². The molecule has 1 aliphatic rings. The number of hydrogen-bond acceptors (Lipinski definition) is 5. The standard InChI is InChI=1S/C17H16N4OS/c1-11(12-5-3-6-13(18)9-12)15-16(22)21(2)17(23-15)20-14-7-4-8-19-10-14/h3-10H,18H2,1-2H3/b15-11-,20-17?. The second-order valence-electron chi connectivity index (χ2n) is 5.15. The van der Waals surface area contributed by atoms with Gasteiger partial charge in [0.25, 0.3) is 5.91 Å². The van der Waals surface area contributed by atoms with Gasteiger partial charge in [0.15, 0.2) is 5.17 Å². The van der Waals surface area contributed by atoms with Gasteiger partial charge in [0.05, 0.1) is 16.8 Å². The lowest BCUT2D eigenvalue weighted by Crippen LogP contribution is -2.23. The van der Waals surface area contributed by atoms with E-state index in [-0.39, 0.29) is 5.91 Å². The highest BCUT2D eigenvalue weighted by Gasteiger charge is 2.32. The summed E-state index contributed by atoms with van der Waals surface area (Å²) in [6.07, 6.45) is 3.36. The Bertz CT molecular complexity index is 814. The van der Waals surface area contributed by atoms with Crippen LogP contribution in [0.2, 0.25) is 0 Å². The highest BCUT2D eigenvalue weighted by molar-refractivity contribution is 8.18. The van der Waals surface area contributed by atoms with Crippen molar-refractivity contribution in [3.63, 3.8) is 0 Å². The number of aromatic nitrogens is 1. The van der Waals surface area contributed by atoms with Crippen molar-refractivity contribution in [2.75, 3.05) is 12.8 Å². The summed E-state index contributed by atoms with van der Waals surface area (Å²) in [6, 6.07) is 11.2. The minimum Gasteiger partial charge on any atom is -0.399 e. The Morgan fingerprint density at radius 1 is 1.30 bits per heavy atom. The lowest BCUT2D eigenvalue weighted by atomic mass is 10.1. The topological polar surface area (TPSA) is 71.6 Å². The van der Waals surface area contributed by atoms with Gasteiger partial charge in [0.2, 0.25) is 0 Å². The van der Waals surface area contributed by atoms with Crippen molar-refractivity contribution in [3.05, 3.63) is 59.3 Å². The Morgan fingerprint density at radius 2 is 2.13 bits per heavy atom. The molecule has 0 radical (unpaired) electrons. The normalized spacial score (nSPS) is 18.6. The van der Waals surface area contributed by atoms with E-state index >= 15 is 0 Å². The quantitative estimate of drug-likeness (QED) is 0.679. The highest BCUT2D eigenvalue weighted by Crippen LogP contribution is 2.37. The third-order valence-electron chi connectivity index (χ3n) is 3.51. The molecular weight excluding hydrogens is 308 g/mol. The molecular formula is C17H16N4OS. The van der Waals surface area contributed by atoms with Crippen LogP contribution >= 0.6 is 11.8 Å². The van der Waals surface area contributed by atoms with Crippen molar-refractivity contribution >= 4 is 39.8 Å². The molecule has 1 aromatic heterocycles. The van der Waals surface area contributed by atoms with E-state index in [9.17, 15) is 4.79 Å². The van der Waals surface area contributed by atoms with Crippen LogP contribution in [-0.2, 0) is 4.79 Å². The average Bonchev–Trinajstić information content (AvgIpc) is 2.84. The van der Waals surface area contributed by atoms with E-state index in [1.165, 1.54) is 11.8 Å². The largest absolute Gasteiger partial charge is 0.399 e. The number of amidine groups is 1. The predicted molar refractivity (Wildman–Crippen MR) is 95.1 cm³/mol. The van der Waals surface area contributed by atoms with Gasteiger partial charge < -0.3 is 5.73 Å². The summed E-state index contributed by atoms with van der Waals surface area (Å²) in [5.74, 6) is -0.0578. The van der Waals surface area contributed by atoms with Crippen LogP contribution in [0.15, 0.2) is 58.7 Å². The number of nitrogens with two attached hydrogens (primary N) is 1. The summed E-state index contributed by atoms with van der Waals surface area (Å²) in [7, 11) is 1.73. The van der Waals surface area contributed by atoms with Crippen molar-refractivity contribution < 1.29 is 4.79 Å². The SMILES string of the molecule is C/C(=C1/SC(=Nc2cccnc2)N(C)C1=O)c1cccc(N)c1. The zero-order valence-electron chi connectivity index (χ0n) is 12.9. The van der Waals surface area contributed by atoms with Gasteiger partial charge in [0, 0.05) is 18.9 Å². The van der Waals surface area contributed by atoms with Crippen LogP contribution in [0, 0.1) is 0 Å². The third-order valence-corrected chi connectivity index (χ3v) is 4.74. The van der Waals surface area contributed by atoms with Crippen LogP contribution in [0.25, 0.3) is 5.57 Å². The van der Waals surface area contributed by atoms with Crippen LogP contribution < -0.4 is 5.73 Å². The predicted octanol–water partition coefficient (Wildman–Crippen LogP) is 3.29. The Kier molecular flexibility index (Phi) is 4.16. The second kappa shape index (κ2) is 6.26. The number of aliphatic imine (C=N–C) groups is 1. The van der Waals surface area contributed by atoms with E-state index in [1.807, 2.05) is 43.3 Å². The summed E-state index contributed by atoms with van der Waals surface area (Å²) in [6.45, 7) is 1.93. The molecule has 2 aromatic rings. The molecule has 23 heavy (non-hydrogen) atoms. The molecule has 1 aromatic carbocycles. The van der Waals surface area contributed by atoms with Crippen LogP contribution in [0.4, 0.5) is 11.4 Å². The smallest absolute Gasteiger partial charge is 0.266 e. The van der Waals surface area contributed by atoms with Gasteiger partial charge >= 0.3 is 0 Å². The number of pyridine rings is 1. The van der Waals surface area contributed by atoms with Gasteiger partial charge in [-0.2, -0.15) is 0 Å². The molecule has 0 bridgehead atoms. The van der Waals surface area contributed by atoms with Crippen LogP contribution in [0.1, 0.15) is 12.5 Å². The Morgan fingerprint density at radius 3 is 2.83 bits per heavy atom. The molecule has 2 heterocycles. The number of anilines is 1. The van der Waals surface area contributed by atoms with Gasteiger partial charge in [-0.15, -0.1) is 0 Å².